The van der Waals surface area contributed by atoms with Gasteiger partial charge in [0, 0.05) is 24.7 Å². The Morgan fingerprint density at radius 1 is 1.24 bits per heavy atom. The summed E-state index contributed by atoms with van der Waals surface area (Å²) in [5.74, 6) is 3.73. The fourth-order valence-corrected chi connectivity index (χ4v) is 5.49. The van der Waals surface area contributed by atoms with Crippen LogP contribution in [0.4, 0.5) is 26.2 Å². The number of benzene rings is 1. The Labute approximate surface area is 217 Å². The summed E-state index contributed by atoms with van der Waals surface area (Å²) in [6.07, 6.45) is 5.03. The molecule has 4 heterocycles. The molecule has 13 heteroatoms. The van der Waals surface area contributed by atoms with Crippen molar-refractivity contribution in [1.82, 2.24) is 34.7 Å². The van der Waals surface area contributed by atoms with E-state index in [9.17, 15) is 9.18 Å². The number of fused-ring (bicyclic) bond motifs is 1. The maximum Gasteiger partial charge on any atom is 0.368 e. The van der Waals surface area contributed by atoms with E-state index in [-0.39, 0.29) is 40.3 Å². The standard InChI is InChI=1S/C25H29F2N9O2/c1-25(2)13-16(11-17-7-4-8-35(17)25)29-22-19(27)14-28-23(31-22)30-20-12-21(36-24(38)34(3)32-33-36)15(6-5-9-37)10-18(20)26/h10,12,14,16-17,37H,4,7-9,11,13H2,1-3H3,(H2,28,29,30,31). The third kappa shape index (κ3) is 4.97. The van der Waals surface area contributed by atoms with Gasteiger partial charge in [-0.3, -0.25) is 4.90 Å². The highest BCUT2D eigenvalue weighted by molar-refractivity contribution is 5.64. The van der Waals surface area contributed by atoms with Gasteiger partial charge in [-0.1, -0.05) is 11.8 Å². The summed E-state index contributed by atoms with van der Waals surface area (Å²) in [5, 5.41) is 22.6. The van der Waals surface area contributed by atoms with Crippen LogP contribution in [0.3, 0.4) is 0 Å². The number of tetrazole rings is 1. The molecule has 2 aromatic heterocycles. The summed E-state index contributed by atoms with van der Waals surface area (Å²) in [5.41, 5.74) is -0.410. The first-order chi connectivity index (χ1) is 18.2. The molecule has 200 valence electrons. The molecule has 0 saturated carbocycles. The van der Waals surface area contributed by atoms with Gasteiger partial charge in [0.2, 0.25) is 5.95 Å². The van der Waals surface area contributed by atoms with Crippen LogP contribution in [0.2, 0.25) is 0 Å². The van der Waals surface area contributed by atoms with E-state index in [1.807, 2.05) is 0 Å². The summed E-state index contributed by atoms with van der Waals surface area (Å²) < 4.78 is 31.7. The van der Waals surface area contributed by atoms with Crippen LogP contribution < -0.4 is 16.3 Å². The summed E-state index contributed by atoms with van der Waals surface area (Å²) in [6, 6.07) is 2.88. The van der Waals surface area contributed by atoms with Crippen molar-refractivity contribution in [2.24, 2.45) is 7.05 Å². The number of anilines is 3. The molecule has 3 aromatic rings. The van der Waals surface area contributed by atoms with Crippen molar-refractivity contribution in [2.75, 3.05) is 23.8 Å². The number of aliphatic hydroxyl groups is 1. The van der Waals surface area contributed by atoms with Gasteiger partial charge in [0.05, 0.1) is 23.1 Å². The lowest BCUT2D eigenvalue weighted by Crippen LogP contribution is -2.55. The predicted molar refractivity (Wildman–Crippen MR) is 136 cm³/mol. The predicted octanol–water partition coefficient (Wildman–Crippen LogP) is 1.94. The van der Waals surface area contributed by atoms with E-state index in [0.29, 0.717) is 6.04 Å². The van der Waals surface area contributed by atoms with Crippen molar-refractivity contribution in [3.05, 3.63) is 46.0 Å². The van der Waals surface area contributed by atoms with E-state index in [1.54, 1.807) is 0 Å². The molecule has 11 nitrogen and oxygen atoms in total. The number of halogens is 2. The molecule has 2 atom stereocenters. The normalized spacial score (nSPS) is 20.5. The first-order valence-electron chi connectivity index (χ1n) is 12.4. The number of piperidine rings is 1. The first kappa shape index (κ1) is 25.7. The largest absolute Gasteiger partial charge is 0.384 e. The molecule has 0 aliphatic carbocycles. The first-order valence-corrected chi connectivity index (χ1v) is 12.4. The topological polar surface area (TPSA) is 126 Å². The van der Waals surface area contributed by atoms with Gasteiger partial charge >= 0.3 is 5.69 Å². The number of rotatable bonds is 5. The van der Waals surface area contributed by atoms with Crippen LogP contribution in [0.15, 0.2) is 23.1 Å². The summed E-state index contributed by atoms with van der Waals surface area (Å²) >= 11 is 0. The summed E-state index contributed by atoms with van der Waals surface area (Å²) in [6.45, 7) is 5.05. The van der Waals surface area contributed by atoms with Crippen LogP contribution in [0.5, 0.6) is 0 Å². The molecule has 2 unspecified atom stereocenters. The minimum absolute atomic E-state index is 0.0136. The van der Waals surface area contributed by atoms with E-state index < -0.39 is 23.9 Å². The maximum atomic E-state index is 15.1. The number of hydrogen-bond acceptors (Lipinski definition) is 9. The molecule has 0 bridgehead atoms. The van der Waals surface area contributed by atoms with E-state index in [4.69, 9.17) is 5.11 Å². The number of aryl methyl sites for hydroxylation is 1. The van der Waals surface area contributed by atoms with Crippen LogP contribution in [-0.4, -0.2) is 70.5 Å². The minimum atomic E-state index is -0.717. The second-order valence-electron chi connectivity index (χ2n) is 10.2. The Kier molecular flexibility index (Phi) is 6.85. The molecular formula is C25H29F2N9O2. The van der Waals surface area contributed by atoms with Crippen LogP contribution >= 0.6 is 0 Å². The zero-order chi connectivity index (χ0) is 27.0. The number of nitrogens with one attached hydrogen (secondary N) is 2. The van der Waals surface area contributed by atoms with Gasteiger partial charge in [0.25, 0.3) is 0 Å². The lowest BCUT2D eigenvalue weighted by Gasteiger charge is -2.47. The average molecular weight is 526 g/mol. The fourth-order valence-electron chi connectivity index (χ4n) is 5.49. The highest BCUT2D eigenvalue weighted by Gasteiger charge is 2.43. The molecule has 38 heavy (non-hydrogen) atoms. The lowest BCUT2D eigenvalue weighted by molar-refractivity contribution is 0.0500. The van der Waals surface area contributed by atoms with Crippen molar-refractivity contribution < 1.29 is 13.9 Å². The van der Waals surface area contributed by atoms with Gasteiger partial charge < -0.3 is 15.7 Å². The van der Waals surface area contributed by atoms with Crippen molar-refractivity contribution in [3.8, 4) is 17.5 Å². The van der Waals surface area contributed by atoms with E-state index >= 15 is 4.39 Å². The number of aromatic nitrogens is 6. The van der Waals surface area contributed by atoms with Crippen LogP contribution in [0, 0.1) is 23.5 Å². The molecule has 2 aliphatic rings. The van der Waals surface area contributed by atoms with Gasteiger partial charge in [0.15, 0.2) is 11.6 Å². The van der Waals surface area contributed by atoms with E-state index in [1.165, 1.54) is 13.1 Å². The van der Waals surface area contributed by atoms with Gasteiger partial charge in [-0.15, -0.1) is 0 Å². The van der Waals surface area contributed by atoms with E-state index in [0.717, 1.165) is 53.9 Å². The molecule has 2 aliphatic heterocycles. The number of nitrogens with zero attached hydrogens (tertiary/aromatic N) is 7. The van der Waals surface area contributed by atoms with Gasteiger partial charge in [-0.2, -0.15) is 14.3 Å². The third-order valence-corrected chi connectivity index (χ3v) is 7.13. The third-order valence-electron chi connectivity index (χ3n) is 7.13. The SMILES string of the molecule is Cn1nnn(-c2cc(Nc3ncc(F)c(NC4CC5CCCN5C(C)(C)C4)n3)c(F)cc2C#CCO)c1=O. The van der Waals surface area contributed by atoms with E-state index in [2.05, 4.69) is 61.6 Å². The molecule has 2 fully saturated rings. The molecule has 3 N–H and O–H groups in total. The van der Waals surface area contributed by atoms with Crippen molar-refractivity contribution >= 4 is 17.5 Å². The van der Waals surface area contributed by atoms with Gasteiger partial charge in [0.1, 0.15) is 12.4 Å². The Morgan fingerprint density at radius 2 is 2.05 bits per heavy atom. The Balaban J connectivity index is 1.43. The molecular weight excluding hydrogens is 496 g/mol. The summed E-state index contributed by atoms with van der Waals surface area (Å²) in [4.78, 5) is 23.2. The molecule has 0 amide bonds. The van der Waals surface area contributed by atoms with Crippen molar-refractivity contribution in [3.63, 3.8) is 0 Å². The lowest BCUT2D eigenvalue weighted by atomic mass is 9.84. The minimum Gasteiger partial charge on any atom is -0.384 e. The maximum absolute atomic E-state index is 15.1. The monoisotopic (exact) mass is 525 g/mol. The second-order valence-corrected chi connectivity index (χ2v) is 10.2. The van der Waals surface area contributed by atoms with Crippen LogP contribution in [0.1, 0.15) is 45.1 Å². The molecule has 0 spiro atoms. The molecule has 0 radical (unpaired) electrons. The number of hydrogen-bond donors (Lipinski definition) is 3. The van der Waals surface area contributed by atoms with Crippen LogP contribution in [0.25, 0.3) is 5.69 Å². The highest BCUT2D eigenvalue weighted by Crippen LogP contribution is 2.38. The van der Waals surface area contributed by atoms with Crippen molar-refractivity contribution in [1.29, 1.82) is 0 Å². The van der Waals surface area contributed by atoms with Gasteiger partial charge in [-0.25, -0.2) is 18.6 Å². The Morgan fingerprint density at radius 3 is 2.79 bits per heavy atom. The number of aliphatic hydroxyl groups excluding tert-OH is 1. The quantitative estimate of drug-likeness (QED) is 0.429. The molecule has 5 rings (SSSR count). The highest BCUT2D eigenvalue weighted by atomic mass is 19.1. The summed E-state index contributed by atoms with van der Waals surface area (Å²) in [7, 11) is 1.42. The Bertz CT molecular complexity index is 1470. The average Bonchev–Trinajstić information content (AvgIpc) is 3.48. The smallest absolute Gasteiger partial charge is 0.368 e. The zero-order valence-electron chi connectivity index (χ0n) is 21.4. The molecule has 1 aromatic carbocycles. The molecule has 2 saturated heterocycles. The fraction of sp³-hybridized carbons (Fsp3) is 0.480. The zero-order valence-corrected chi connectivity index (χ0v) is 21.4. The van der Waals surface area contributed by atoms with Gasteiger partial charge in [-0.05, 0) is 68.6 Å². The van der Waals surface area contributed by atoms with Crippen molar-refractivity contribution in [2.45, 2.75) is 57.2 Å². The van der Waals surface area contributed by atoms with Crippen LogP contribution in [-0.2, 0) is 7.05 Å². The Hall–Kier alpha value is -3.89. The second kappa shape index (κ2) is 10.1.